The molecular formula is C18H27N3O3. The van der Waals surface area contributed by atoms with Gasteiger partial charge in [-0.25, -0.2) is 4.79 Å². The Hall–Kier alpha value is -2.08. The fourth-order valence-electron chi connectivity index (χ4n) is 2.66. The van der Waals surface area contributed by atoms with Crippen LogP contribution in [0.3, 0.4) is 0 Å². The Morgan fingerprint density at radius 1 is 1.12 bits per heavy atom. The monoisotopic (exact) mass is 333 g/mol. The molecule has 0 aliphatic carbocycles. The van der Waals surface area contributed by atoms with Crippen molar-refractivity contribution >= 4 is 17.7 Å². The number of carbonyl (C=O) groups is 2. The molecule has 0 spiro atoms. The van der Waals surface area contributed by atoms with Gasteiger partial charge >= 0.3 is 6.09 Å². The van der Waals surface area contributed by atoms with Crippen molar-refractivity contribution < 1.29 is 14.3 Å². The zero-order chi connectivity index (χ0) is 17.5. The molecule has 6 heteroatoms. The smallest absolute Gasteiger partial charge is 0.409 e. The number of hydrogen-bond acceptors (Lipinski definition) is 4. The molecule has 2 rings (SSSR count). The SMILES string of the molecule is CCOC(=O)N1CCN(CC(=O)Nc2ccc(C(C)C)cc2)CC1. The van der Waals surface area contributed by atoms with E-state index in [2.05, 4.69) is 19.2 Å². The summed E-state index contributed by atoms with van der Waals surface area (Å²) in [7, 11) is 0. The minimum absolute atomic E-state index is 0.0307. The van der Waals surface area contributed by atoms with Gasteiger partial charge in [-0.3, -0.25) is 9.69 Å². The highest BCUT2D eigenvalue weighted by atomic mass is 16.6. The van der Waals surface area contributed by atoms with Crippen molar-refractivity contribution in [1.29, 1.82) is 0 Å². The molecule has 0 atom stereocenters. The van der Waals surface area contributed by atoms with E-state index < -0.39 is 0 Å². The van der Waals surface area contributed by atoms with Gasteiger partial charge in [0.15, 0.2) is 0 Å². The van der Waals surface area contributed by atoms with Gasteiger partial charge in [-0.05, 0) is 30.5 Å². The molecule has 2 amide bonds. The summed E-state index contributed by atoms with van der Waals surface area (Å²) >= 11 is 0. The molecule has 1 N–H and O–H groups in total. The predicted octanol–water partition coefficient (Wildman–Crippen LogP) is 2.52. The Morgan fingerprint density at radius 2 is 1.75 bits per heavy atom. The van der Waals surface area contributed by atoms with Crippen LogP contribution in [-0.4, -0.2) is 61.1 Å². The Kier molecular flexibility index (Phi) is 6.61. The van der Waals surface area contributed by atoms with Crippen LogP contribution in [0.4, 0.5) is 10.5 Å². The van der Waals surface area contributed by atoms with E-state index >= 15 is 0 Å². The molecule has 6 nitrogen and oxygen atoms in total. The van der Waals surface area contributed by atoms with Crippen LogP contribution in [-0.2, 0) is 9.53 Å². The average Bonchev–Trinajstić information content (AvgIpc) is 2.56. The quantitative estimate of drug-likeness (QED) is 0.899. The van der Waals surface area contributed by atoms with Gasteiger partial charge in [-0.2, -0.15) is 0 Å². The first-order chi connectivity index (χ1) is 11.5. The Balaban J connectivity index is 1.76. The first kappa shape index (κ1) is 18.3. The van der Waals surface area contributed by atoms with E-state index in [1.54, 1.807) is 11.8 Å². The lowest BCUT2D eigenvalue weighted by Gasteiger charge is -2.33. The number of benzene rings is 1. The summed E-state index contributed by atoms with van der Waals surface area (Å²) in [6.07, 6.45) is -0.271. The predicted molar refractivity (Wildman–Crippen MR) is 94.2 cm³/mol. The van der Waals surface area contributed by atoms with Crippen molar-refractivity contribution in [2.24, 2.45) is 0 Å². The summed E-state index contributed by atoms with van der Waals surface area (Å²) in [5, 5.41) is 2.92. The third-order valence-corrected chi connectivity index (χ3v) is 4.13. The lowest BCUT2D eigenvalue weighted by atomic mass is 10.0. The molecule has 1 fully saturated rings. The molecule has 1 aromatic rings. The van der Waals surface area contributed by atoms with Gasteiger partial charge in [-0.1, -0.05) is 26.0 Å². The number of nitrogens with one attached hydrogen (secondary N) is 1. The number of piperazine rings is 1. The van der Waals surface area contributed by atoms with Gasteiger partial charge in [0.2, 0.25) is 5.91 Å². The number of hydrogen-bond donors (Lipinski definition) is 1. The summed E-state index contributed by atoms with van der Waals surface area (Å²) in [5.41, 5.74) is 2.07. The Labute approximate surface area is 143 Å². The van der Waals surface area contributed by atoms with Crippen molar-refractivity contribution in [2.45, 2.75) is 26.7 Å². The highest BCUT2D eigenvalue weighted by Crippen LogP contribution is 2.17. The van der Waals surface area contributed by atoms with E-state index in [0.717, 1.165) is 5.69 Å². The van der Waals surface area contributed by atoms with Crippen molar-refractivity contribution in [3.05, 3.63) is 29.8 Å². The number of amides is 2. The van der Waals surface area contributed by atoms with Gasteiger partial charge in [0, 0.05) is 31.9 Å². The van der Waals surface area contributed by atoms with Gasteiger partial charge in [-0.15, -0.1) is 0 Å². The molecule has 24 heavy (non-hydrogen) atoms. The maximum Gasteiger partial charge on any atom is 0.409 e. The lowest BCUT2D eigenvalue weighted by Crippen LogP contribution is -2.50. The standard InChI is InChI=1S/C18H27N3O3/c1-4-24-18(23)21-11-9-20(10-12-21)13-17(22)19-16-7-5-15(6-8-16)14(2)3/h5-8,14H,4,9-13H2,1-3H3,(H,19,22). The topological polar surface area (TPSA) is 61.9 Å². The van der Waals surface area contributed by atoms with Crippen LogP contribution in [0.2, 0.25) is 0 Å². The first-order valence-corrected chi connectivity index (χ1v) is 8.53. The molecule has 0 bridgehead atoms. The molecule has 0 radical (unpaired) electrons. The number of rotatable bonds is 5. The maximum absolute atomic E-state index is 12.2. The van der Waals surface area contributed by atoms with Crippen LogP contribution in [0.25, 0.3) is 0 Å². The summed E-state index contributed by atoms with van der Waals surface area (Å²) in [6.45, 7) is 9.35. The second-order valence-electron chi connectivity index (χ2n) is 6.29. The normalized spacial score (nSPS) is 15.4. The van der Waals surface area contributed by atoms with Crippen molar-refractivity contribution in [3.63, 3.8) is 0 Å². The Bertz CT molecular complexity index is 549. The molecule has 1 aromatic carbocycles. The molecule has 0 aromatic heterocycles. The number of carbonyl (C=O) groups excluding carboxylic acids is 2. The van der Waals surface area contributed by atoms with Gasteiger partial charge in [0.1, 0.15) is 0 Å². The largest absolute Gasteiger partial charge is 0.450 e. The molecule has 1 aliphatic rings. The van der Waals surface area contributed by atoms with Crippen LogP contribution in [0.1, 0.15) is 32.3 Å². The van der Waals surface area contributed by atoms with Crippen LogP contribution < -0.4 is 5.32 Å². The van der Waals surface area contributed by atoms with E-state index in [0.29, 0.717) is 45.2 Å². The summed E-state index contributed by atoms with van der Waals surface area (Å²) in [6, 6.07) is 7.95. The first-order valence-electron chi connectivity index (χ1n) is 8.53. The Morgan fingerprint density at radius 3 is 2.29 bits per heavy atom. The van der Waals surface area contributed by atoms with Crippen LogP contribution in [0.15, 0.2) is 24.3 Å². The molecule has 1 aliphatic heterocycles. The second-order valence-corrected chi connectivity index (χ2v) is 6.29. The fourth-order valence-corrected chi connectivity index (χ4v) is 2.66. The second kappa shape index (κ2) is 8.68. The van der Waals surface area contributed by atoms with Crippen LogP contribution in [0, 0.1) is 0 Å². The summed E-state index contributed by atoms with van der Waals surface area (Å²) < 4.78 is 4.99. The summed E-state index contributed by atoms with van der Waals surface area (Å²) in [5.74, 6) is 0.447. The molecular weight excluding hydrogens is 306 g/mol. The van der Waals surface area contributed by atoms with E-state index in [1.807, 2.05) is 29.2 Å². The van der Waals surface area contributed by atoms with E-state index in [-0.39, 0.29) is 12.0 Å². The number of ether oxygens (including phenoxy) is 1. The van der Waals surface area contributed by atoms with Gasteiger partial charge < -0.3 is 15.0 Å². The third kappa shape index (κ3) is 5.23. The number of anilines is 1. The molecule has 0 saturated carbocycles. The highest BCUT2D eigenvalue weighted by molar-refractivity contribution is 5.92. The maximum atomic E-state index is 12.2. The molecule has 132 valence electrons. The number of nitrogens with zero attached hydrogens (tertiary/aromatic N) is 2. The summed E-state index contributed by atoms with van der Waals surface area (Å²) in [4.78, 5) is 27.5. The minimum Gasteiger partial charge on any atom is -0.450 e. The zero-order valence-corrected chi connectivity index (χ0v) is 14.7. The van der Waals surface area contributed by atoms with E-state index in [1.165, 1.54) is 5.56 Å². The highest BCUT2D eigenvalue weighted by Gasteiger charge is 2.23. The van der Waals surface area contributed by atoms with Crippen molar-refractivity contribution in [1.82, 2.24) is 9.80 Å². The van der Waals surface area contributed by atoms with E-state index in [9.17, 15) is 9.59 Å². The molecule has 1 heterocycles. The average molecular weight is 333 g/mol. The molecule has 0 unspecified atom stereocenters. The van der Waals surface area contributed by atoms with Crippen LogP contribution >= 0.6 is 0 Å². The van der Waals surface area contributed by atoms with Gasteiger partial charge in [0.05, 0.1) is 13.2 Å². The van der Waals surface area contributed by atoms with E-state index in [4.69, 9.17) is 4.74 Å². The van der Waals surface area contributed by atoms with Crippen molar-refractivity contribution in [2.75, 3.05) is 44.6 Å². The lowest BCUT2D eigenvalue weighted by molar-refractivity contribution is -0.117. The fraction of sp³-hybridized carbons (Fsp3) is 0.556. The minimum atomic E-state index is -0.271. The van der Waals surface area contributed by atoms with Gasteiger partial charge in [0.25, 0.3) is 0 Å². The zero-order valence-electron chi connectivity index (χ0n) is 14.7. The van der Waals surface area contributed by atoms with Crippen LogP contribution in [0.5, 0.6) is 0 Å². The molecule has 1 saturated heterocycles. The third-order valence-electron chi connectivity index (χ3n) is 4.13. The van der Waals surface area contributed by atoms with Crippen molar-refractivity contribution in [3.8, 4) is 0 Å².